The number of hydrogen-bond donors (Lipinski definition) is 2. The van der Waals surface area contributed by atoms with Crippen LogP contribution in [0, 0.1) is 13.8 Å². The Kier molecular flexibility index (Phi) is 4.08. The monoisotopic (exact) mass is 345 g/mol. The minimum Gasteiger partial charge on any atom is -0.507 e. The van der Waals surface area contributed by atoms with Gasteiger partial charge in [-0.05, 0) is 31.5 Å². The van der Waals surface area contributed by atoms with E-state index in [1.54, 1.807) is 26.0 Å². The zero-order chi connectivity index (χ0) is 18.3. The number of hydrogen-bond acceptors (Lipinski definition) is 7. The van der Waals surface area contributed by atoms with Crippen LogP contribution in [0.1, 0.15) is 11.1 Å². The van der Waals surface area contributed by atoms with Crippen LogP contribution in [0.15, 0.2) is 16.7 Å². The van der Waals surface area contributed by atoms with Crippen molar-refractivity contribution < 1.29 is 28.9 Å². The van der Waals surface area contributed by atoms with Crippen LogP contribution < -0.4 is 14.2 Å². The van der Waals surface area contributed by atoms with Crippen molar-refractivity contribution in [2.45, 2.75) is 13.8 Å². The first-order valence-corrected chi connectivity index (χ1v) is 7.55. The minimum absolute atomic E-state index is 0.00954. The lowest BCUT2D eigenvalue weighted by Crippen LogP contribution is -1.96. The topological polar surface area (TPSA) is 94.2 Å². The minimum atomic E-state index is -0.0449. The number of aromatic nitrogens is 1. The Morgan fingerprint density at radius 2 is 1.44 bits per heavy atom. The molecule has 3 rings (SSSR count). The Bertz CT molecular complexity index is 935. The number of ether oxygens (including phenoxy) is 3. The second-order valence-electron chi connectivity index (χ2n) is 5.60. The van der Waals surface area contributed by atoms with Gasteiger partial charge in [-0.2, -0.15) is 0 Å². The Balaban J connectivity index is 2.35. The van der Waals surface area contributed by atoms with E-state index in [1.165, 1.54) is 21.3 Å². The van der Waals surface area contributed by atoms with Gasteiger partial charge in [-0.15, -0.1) is 0 Å². The molecule has 3 aromatic rings. The van der Waals surface area contributed by atoms with Crippen molar-refractivity contribution in [1.29, 1.82) is 0 Å². The van der Waals surface area contributed by atoms with Gasteiger partial charge in [0.15, 0.2) is 17.2 Å². The SMILES string of the molecule is COc1cc(-c2noc3c(O)c(C)c(C)c(O)c23)cc(OC)c1OC. The van der Waals surface area contributed by atoms with E-state index in [-0.39, 0.29) is 17.1 Å². The molecule has 2 aromatic carbocycles. The molecule has 2 N–H and O–H groups in total. The van der Waals surface area contributed by atoms with E-state index in [0.29, 0.717) is 45.0 Å². The molecule has 0 saturated carbocycles. The molecule has 0 amide bonds. The van der Waals surface area contributed by atoms with E-state index in [9.17, 15) is 10.2 Å². The quantitative estimate of drug-likeness (QED) is 0.698. The molecular formula is C18H19NO6. The van der Waals surface area contributed by atoms with Gasteiger partial charge in [0, 0.05) is 11.1 Å². The molecular weight excluding hydrogens is 326 g/mol. The molecule has 1 heterocycles. The van der Waals surface area contributed by atoms with Gasteiger partial charge < -0.3 is 28.9 Å². The van der Waals surface area contributed by atoms with Crippen molar-refractivity contribution in [3.8, 4) is 40.0 Å². The Labute approximate surface area is 144 Å². The van der Waals surface area contributed by atoms with E-state index in [4.69, 9.17) is 18.7 Å². The van der Waals surface area contributed by atoms with Crippen molar-refractivity contribution in [3.63, 3.8) is 0 Å². The fraction of sp³-hybridized carbons (Fsp3) is 0.278. The van der Waals surface area contributed by atoms with E-state index < -0.39 is 0 Å². The fourth-order valence-electron chi connectivity index (χ4n) is 2.80. The summed E-state index contributed by atoms with van der Waals surface area (Å²) >= 11 is 0. The summed E-state index contributed by atoms with van der Waals surface area (Å²) < 4.78 is 21.3. The first kappa shape index (κ1) is 16.8. The molecule has 7 nitrogen and oxygen atoms in total. The van der Waals surface area contributed by atoms with Crippen LogP contribution in [0.2, 0.25) is 0 Å². The van der Waals surface area contributed by atoms with Gasteiger partial charge in [0.25, 0.3) is 0 Å². The van der Waals surface area contributed by atoms with Gasteiger partial charge in [0.1, 0.15) is 11.4 Å². The summed E-state index contributed by atoms with van der Waals surface area (Å²) in [6.45, 7) is 3.42. The largest absolute Gasteiger partial charge is 0.507 e. The number of methoxy groups -OCH3 is 3. The second-order valence-corrected chi connectivity index (χ2v) is 5.60. The third-order valence-electron chi connectivity index (χ3n) is 4.36. The van der Waals surface area contributed by atoms with Crippen LogP contribution in [0.25, 0.3) is 22.2 Å². The van der Waals surface area contributed by atoms with Crippen molar-refractivity contribution >= 4 is 11.0 Å². The summed E-state index contributed by atoms with van der Waals surface area (Å²) in [6.07, 6.45) is 0. The number of aromatic hydroxyl groups is 2. The van der Waals surface area contributed by atoms with Gasteiger partial charge >= 0.3 is 0 Å². The molecule has 132 valence electrons. The number of phenolic OH excluding ortho intramolecular Hbond substituents is 2. The zero-order valence-electron chi connectivity index (χ0n) is 14.6. The summed E-state index contributed by atoms with van der Waals surface area (Å²) in [4.78, 5) is 0. The van der Waals surface area contributed by atoms with Crippen molar-refractivity contribution in [1.82, 2.24) is 5.16 Å². The van der Waals surface area contributed by atoms with Gasteiger partial charge in [0.2, 0.25) is 11.3 Å². The normalized spacial score (nSPS) is 10.9. The van der Waals surface area contributed by atoms with Gasteiger partial charge in [-0.3, -0.25) is 0 Å². The van der Waals surface area contributed by atoms with Crippen LogP contribution in [0.4, 0.5) is 0 Å². The van der Waals surface area contributed by atoms with Crippen LogP contribution in [-0.4, -0.2) is 36.7 Å². The maximum atomic E-state index is 10.6. The molecule has 0 aliphatic carbocycles. The van der Waals surface area contributed by atoms with Crippen LogP contribution in [0.5, 0.6) is 28.7 Å². The maximum absolute atomic E-state index is 10.6. The summed E-state index contributed by atoms with van der Waals surface area (Å²) in [5.74, 6) is 1.30. The summed E-state index contributed by atoms with van der Waals surface area (Å²) in [5, 5.41) is 25.2. The lowest BCUT2D eigenvalue weighted by Gasteiger charge is -2.13. The first-order chi connectivity index (χ1) is 11.9. The van der Waals surface area contributed by atoms with Crippen molar-refractivity contribution in [3.05, 3.63) is 23.3 Å². The fourth-order valence-corrected chi connectivity index (χ4v) is 2.80. The molecule has 0 unspecified atom stereocenters. The molecule has 1 aromatic heterocycles. The zero-order valence-corrected chi connectivity index (χ0v) is 14.6. The van der Waals surface area contributed by atoms with Crippen molar-refractivity contribution in [2.24, 2.45) is 0 Å². The highest BCUT2D eigenvalue weighted by Crippen LogP contribution is 2.46. The van der Waals surface area contributed by atoms with Crippen LogP contribution in [-0.2, 0) is 0 Å². The predicted molar refractivity (Wildman–Crippen MR) is 91.9 cm³/mol. The van der Waals surface area contributed by atoms with E-state index in [1.807, 2.05) is 0 Å². The number of phenols is 2. The summed E-state index contributed by atoms with van der Waals surface area (Å²) in [5.41, 5.74) is 2.18. The molecule has 0 aliphatic rings. The summed E-state index contributed by atoms with van der Waals surface area (Å²) in [6, 6.07) is 3.40. The van der Waals surface area contributed by atoms with E-state index >= 15 is 0 Å². The second kappa shape index (κ2) is 6.08. The number of fused-ring (bicyclic) bond motifs is 1. The average molecular weight is 345 g/mol. The molecule has 0 fully saturated rings. The highest BCUT2D eigenvalue weighted by Gasteiger charge is 2.24. The van der Waals surface area contributed by atoms with E-state index in [0.717, 1.165) is 0 Å². The first-order valence-electron chi connectivity index (χ1n) is 7.55. The lowest BCUT2D eigenvalue weighted by atomic mass is 10.00. The molecule has 0 radical (unpaired) electrons. The van der Waals surface area contributed by atoms with Crippen molar-refractivity contribution in [2.75, 3.05) is 21.3 Å². The third kappa shape index (κ3) is 2.39. The number of rotatable bonds is 4. The molecule has 0 aliphatic heterocycles. The van der Waals surface area contributed by atoms with Crippen LogP contribution in [0.3, 0.4) is 0 Å². The highest BCUT2D eigenvalue weighted by atomic mass is 16.5. The molecule has 0 saturated heterocycles. The number of benzene rings is 2. The predicted octanol–water partition coefficient (Wildman–Crippen LogP) is 3.55. The average Bonchev–Trinajstić information content (AvgIpc) is 3.08. The molecule has 0 bridgehead atoms. The Hall–Kier alpha value is -3.09. The molecule has 0 atom stereocenters. The van der Waals surface area contributed by atoms with Gasteiger partial charge in [0.05, 0.1) is 26.7 Å². The smallest absolute Gasteiger partial charge is 0.213 e. The number of nitrogens with zero attached hydrogens (tertiary/aromatic N) is 1. The molecule has 0 spiro atoms. The standard InChI is InChI=1S/C18H19NO6/c1-8-9(2)16(21)18-13(15(8)20)14(19-25-18)10-6-11(22-3)17(24-5)12(7-10)23-4/h6-7,20-21H,1-5H3. The maximum Gasteiger partial charge on any atom is 0.213 e. The highest BCUT2D eigenvalue weighted by molar-refractivity contribution is 6.01. The van der Waals surface area contributed by atoms with Gasteiger partial charge in [-0.1, -0.05) is 5.16 Å². The molecule has 7 heteroatoms. The lowest BCUT2D eigenvalue weighted by molar-refractivity contribution is 0.324. The van der Waals surface area contributed by atoms with Gasteiger partial charge in [-0.25, -0.2) is 0 Å². The third-order valence-corrected chi connectivity index (χ3v) is 4.36. The van der Waals surface area contributed by atoms with Crippen LogP contribution >= 0.6 is 0 Å². The summed E-state index contributed by atoms with van der Waals surface area (Å²) in [7, 11) is 4.54. The Morgan fingerprint density at radius 3 is 1.96 bits per heavy atom. The molecule has 25 heavy (non-hydrogen) atoms. The van der Waals surface area contributed by atoms with E-state index in [2.05, 4.69) is 5.16 Å². The Morgan fingerprint density at radius 1 is 0.880 bits per heavy atom.